The Hall–Kier alpha value is -1.53. The van der Waals surface area contributed by atoms with E-state index in [0.29, 0.717) is 5.56 Å². The molecule has 98 valence electrons. The van der Waals surface area contributed by atoms with Crippen LogP contribution >= 0.6 is 11.8 Å². The number of carbonyl (C=O) groups is 2. The van der Waals surface area contributed by atoms with Crippen LogP contribution < -0.4 is 4.90 Å². The summed E-state index contributed by atoms with van der Waals surface area (Å²) in [5, 5.41) is 0. The Morgan fingerprint density at radius 1 is 1.26 bits per heavy atom. The lowest BCUT2D eigenvalue weighted by Gasteiger charge is -2.40. The monoisotopic (exact) mass is 275 g/mol. The summed E-state index contributed by atoms with van der Waals surface area (Å²) in [5.74, 6) is 1.72. The summed E-state index contributed by atoms with van der Waals surface area (Å²) in [7, 11) is 1.77. The second kappa shape index (κ2) is 3.74. The van der Waals surface area contributed by atoms with Crippen LogP contribution in [0.2, 0.25) is 0 Å². The fraction of sp³-hybridized carbons (Fsp3) is 0.385. The molecule has 0 saturated carbocycles. The molecular formula is C13H13N3O2S. The van der Waals surface area contributed by atoms with E-state index in [1.165, 1.54) is 0 Å². The van der Waals surface area contributed by atoms with Crippen LogP contribution in [0.3, 0.4) is 0 Å². The van der Waals surface area contributed by atoms with Gasteiger partial charge >= 0.3 is 0 Å². The van der Waals surface area contributed by atoms with Crippen molar-refractivity contribution in [1.82, 2.24) is 9.80 Å². The Morgan fingerprint density at radius 2 is 2.05 bits per heavy atom. The first kappa shape index (κ1) is 11.3. The Morgan fingerprint density at radius 3 is 2.89 bits per heavy atom. The van der Waals surface area contributed by atoms with E-state index in [1.807, 2.05) is 18.2 Å². The molecule has 0 unspecified atom stereocenters. The molecule has 0 aromatic heterocycles. The van der Waals surface area contributed by atoms with E-state index in [2.05, 4.69) is 4.90 Å². The van der Waals surface area contributed by atoms with E-state index >= 15 is 0 Å². The molecule has 2 fully saturated rings. The Bertz CT molecular complexity index is 591. The first-order valence-electron chi connectivity index (χ1n) is 6.23. The number of thioether (sulfide) groups is 1. The van der Waals surface area contributed by atoms with E-state index in [4.69, 9.17) is 0 Å². The minimum atomic E-state index is -0.255. The lowest BCUT2D eigenvalue weighted by atomic mass is 10.1. The van der Waals surface area contributed by atoms with Crippen molar-refractivity contribution in [1.29, 1.82) is 0 Å². The highest BCUT2D eigenvalue weighted by atomic mass is 32.2. The first-order chi connectivity index (χ1) is 9.20. The van der Waals surface area contributed by atoms with E-state index in [9.17, 15) is 9.59 Å². The molecule has 0 aliphatic carbocycles. The molecule has 4 rings (SSSR count). The van der Waals surface area contributed by atoms with Gasteiger partial charge in [-0.2, -0.15) is 0 Å². The van der Waals surface area contributed by atoms with Gasteiger partial charge in [-0.05, 0) is 12.1 Å². The van der Waals surface area contributed by atoms with E-state index in [0.717, 1.165) is 17.3 Å². The van der Waals surface area contributed by atoms with Crippen LogP contribution in [0.1, 0.15) is 10.4 Å². The topological polar surface area (TPSA) is 43.9 Å². The number of hydrogen-bond donors (Lipinski definition) is 0. The maximum atomic E-state index is 12.6. The zero-order valence-electron chi connectivity index (χ0n) is 10.4. The summed E-state index contributed by atoms with van der Waals surface area (Å²) in [6.45, 7) is 0. The standard InChI is InChI=1S/C13H13N3O2S/c1-14-11(17)8-4-2-3-5-9(8)16-12(18)10-6-19-7-15(10)13(14)16/h2-5,10,13H,6-7H2,1H3/t10-,13+/m1/s1. The van der Waals surface area contributed by atoms with E-state index in [-0.39, 0.29) is 24.1 Å². The van der Waals surface area contributed by atoms with Crippen molar-refractivity contribution >= 4 is 29.3 Å². The smallest absolute Gasteiger partial charge is 0.258 e. The van der Waals surface area contributed by atoms with Crippen LogP contribution in [0.25, 0.3) is 0 Å². The van der Waals surface area contributed by atoms with Crippen molar-refractivity contribution in [2.75, 3.05) is 23.6 Å². The molecule has 0 bridgehead atoms. The molecule has 2 saturated heterocycles. The van der Waals surface area contributed by atoms with Crippen molar-refractivity contribution in [2.24, 2.45) is 0 Å². The van der Waals surface area contributed by atoms with Crippen LogP contribution in [0, 0.1) is 0 Å². The predicted molar refractivity (Wildman–Crippen MR) is 72.8 cm³/mol. The largest absolute Gasteiger partial charge is 0.308 e. The summed E-state index contributed by atoms with van der Waals surface area (Å²) in [6.07, 6.45) is -0.255. The van der Waals surface area contributed by atoms with Crippen LogP contribution in [-0.2, 0) is 4.79 Å². The van der Waals surface area contributed by atoms with Gasteiger partial charge in [-0.1, -0.05) is 12.1 Å². The number of carbonyl (C=O) groups excluding carboxylic acids is 2. The van der Waals surface area contributed by atoms with Crippen LogP contribution in [-0.4, -0.2) is 52.6 Å². The van der Waals surface area contributed by atoms with Gasteiger partial charge < -0.3 is 4.90 Å². The van der Waals surface area contributed by atoms with Gasteiger partial charge in [0.2, 0.25) is 5.91 Å². The van der Waals surface area contributed by atoms with Crippen molar-refractivity contribution in [2.45, 2.75) is 12.3 Å². The minimum absolute atomic E-state index is 0.0119. The summed E-state index contributed by atoms with van der Waals surface area (Å²) in [6, 6.07) is 7.27. The Balaban J connectivity index is 1.91. The average molecular weight is 275 g/mol. The summed E-state index contributed by atoms with van der Waals surface area (Å²) in [4.78, 5) is 30.5. The van der Waals surface area contributed by atoms with Gasteiger partial charge in [0.15, 0.2) is 6.29 Å². The molecule has 0 spiro atoms. The second-order valence-corrected chi connectivity index (χ2v) is 6.02. The molecule has 0 N–H and O–H groups in total. The zero-order chi connectivity index (χ0) is 13.1. The highest BCUT2D eigenvalue weighted by Gasteiger charge is 2.54. The SMILES string of the molecule is CN1C(=O)c2ccccc2N2C(=O)[C@H]3CSCN3[C@H]12. The third kappa shape index (κ3) is 1.30. The summed E-state index contributed by atoms with van der Waals surface area (Å²) in [5.41, 5.74) is 1.36. The molecule has 3 aliphatic heterocycles. The fourth-order valence-electron chi connectivity index (χ4n) is 3.12. The Kier molecular flexibility index (Phi) is 2.23. The maximum Gasteiger partial charge on any atom is 0.258 e. The number of amides is 2. The number of rotatable bonds is 0. The van der Waals surface area contributed by atoms with Gasteiger partial charge in [0, 0.05) is 18.7 Å². The molecule has 2 amide bonds. The third-order valence-electron chi connectivity index (χ3n) is 4.03. The van der Waals surface area contributed by atoms with Crippen molar-refractivity contribution in [3.8, 4) is 0 Å². The van der Waals surface area contributed by atoms with E-state index < -0.39 is 0 Å². The third-order valence-corrected chi connectivity index (χ3v) is 5.06. The second-order valence-electron chi connectivity index (χ2n) is 5.02. The number of anilines is 1. The van der Waals surface area contributed by atoms with Gasteiger partial charge in [-0.25, -0.2) is 4.90 Å². The molecule has 1 aromatic rings. The number of nitrogens with zero attached hydrogens (tertiary/aromatic N) is 3. The maximum absolute atomic E-state index is 12.6. The normalized spacial score (nSPS) is 29.5. The molecule has 0 radical (unpaired) electrons. The molecule has 19 heavy (non-hydrogen) atoms. The highest BCUT2D eigenvalue weighted by molar-refractivity contribution is 7.99. The lowest BCUT2D eigenvalue weighted by Crippen LogP contribution is -2.56. The zero-order valence-corrected chi connectivity index (χ0v) is 11.3. The molecule has 1 aromatic carbocycles. The van der Waals surface area contributed by atoms with Crippen LogP contribution in [0.15, 0.2) is 24.3 Å². The van der Waals surface area contributed by atoms with Crippen molar-refractivity contribution < 1.29 is 9.59 Å². The number of hydrogen-bond acceptors (Lipinski definition) is 4. The number of benzene rings is 1. The lowest BCUT2D eigenvalue weighted by molar-refractivity contribution is -0.118. The van der Waals surface area contributed by atoms with Crippen molar-refractivity contribution in [3.63, 3.8) is 0 Å². The fourth-order valence-corrected chi connectivity index (χ4v) is 4.30. The molecular weight excluding hydrogens is 262 g/mol. The Labute approximate surface area is 115 Å². The van der Waals surface area contributed by atoms with Gasteiger partial charge in [0.1, 0.15) is 6.04 Å². The summed E-state index contributed by atoms with van der Waals surface area (Å²) >= 11 is 1.75. The highest BCUT2D eigenvalue weighted by Crippen LogP contribution is 2.40. The number of para-hydroxylation sites is 1. The predicted octanol–water partition coefficient (Wildman–Crippen LogP) is 0.777. The van der Waals surface area contributed by atoms with Crippen molar-refractivity contribution in [3.05, 3.63) is 29.8 Å². The summed E-state index contributed by atoms with van der Waals surface area (Å²) < 4.78 is 0. The van der Waals surface area contributed by atoms with Gasteiger partial charge in [0.25, 0.3) is 5.91 Å². The molecule has 5 nitrogen and oxygen atoms in total. The molecule has 3 aliphatic rings. The first-order valence-corrected chi connectivity index (χ1v) is 7.38. The molecule has 3 heterocycles. The quantitative estimate of drug-likeness (QED) is 0.702. The number of fused-ring (bicyclic) bond motifs is 5. The van der Waals surface area contributed by atoms with Gasteiger partial charge in [-0.3, -0.25) is 14.5 Å². The minimum Gasteiger partial charge on any atom is -0.308 e. The van der Waals surface area contributed by atoms with Crippen LogP contribution in [0.4, 0.5) is 5.69 Å². The molecule has 2 atom stereocenters. The van der Waals surface area contributed by atoms with Crippen LogP contribution in [0.5, 0.6) is 0 Å². The average Bonchev–Trinajstić information content (AvgIpc) is 2.99. The van der Waals surface area contributed by atoms with Gasteiger partial charge in [-0.15, -0.1) is 11.8 Å². The van der Waals surface area contributed by atoms with Gasteiger partial charge in [0.05, 0.1) is 11.3 Å². The van der Waals surface area contributed by atoms with E-state index in [1.54, 1.807) is 34.7 Å². The molecule has 6 heteroatoms.